The van der Waals surface area contributed by atoms with Gasteiger partial charge < -0.3 is 9.47 Å². The zero-order valence-corrected chi connectivity index (χ0v) is 17.0. The molecular formula is C19H19ClN2O5S. The lowest BCUT2D eigenvalue weighted by Crippen LogP contribution is -2.16. The van der Waals surface area contributed by atoms with Gasteiger partial charge >= 0.3 is 5.97 Å². The van der Waals surface area contributed by atoms with E-state index in [1.807, 2.05) is 0 Å². The van der Waals surface area contributed by atoms with Gasteiger partial charge in [0.2, 0.25) is 0 Å². The zero-order chi connectivity index (χ0) is 20.3. The Morgan fingerprint density at radius 2 is 1.96 bits per heavy atom. The molecule has 28 heavy (non-hydrogen) atoms. The summed E-state index contributed by atoms with van der Waals surface area (Å²) < 4.78 is 37.8. The number of esters is 1. The van der Waals surface area contributed by atoms with Gasteiger partial charge in [0, 0.05) is 18.2 Å². The fourth-order valence-electron chi connectivity index (χ4n) is 2.93. The molecule has 0 saturated carbocycles. The maximum Gasteiger partial charge on any atom is 0.305 e. The number of halogens is 1. The van der Waals surface area contributed by atoms with Crippen molar-refractivity contribution in [2.75, 3.05) is 14.2 Å². The minimum absolute atomic E-state index is 0.0912. The molecule has 0 aliphatic rings. The van der Waals surface area contributed by atoms with Gasteiger partial charge in [-0.1, -0.05) is 17.7 Å². The molecule has 0 bridgehead atoms. The molecule has 0 saturated heterocycles. The Balaban J connectivity index is 2.11. The normalized spacial score (nSPS) is 11.5. The number of benzene rings is 1. The number of rotatable bonds is 7. The summed E-state index contributed by atoms with van der Waals surface area (Å²) in [7, 11) is -1.13. The molecule has 0 spiro atoms. The summed E-state index contributed by atoms with van der Waals surface area (Å²) in [5.74, 6) is 0.0884. The van der Waals surface area contributed by atoms with E-state index in [1.165, 1.54) is 30.3 Å². The number of ether oxygens (including phenoxy) is 2. The first kappa shape index (κ1) is 20.2. The van der Waals surface area contributed by atoms with Crippen molar-refractivity contribution < 1.29 is 22.7 Å². The molecule has 148 valence electrons. The molecule has 0 fully saturated rings. The van der Waals surface area contributed by atoms with Crippen LogP contribution < -0.4 is 4.74 Å². The fourth-order valence-corrected chi connectivity index (χ4v) is 4.68. The average molecular weight is 423 g/mol. The number of fused-ring (bicyclic) bond motifs is 1. The largest absolute Gasteiger partial charge is 0.497 e. The predicted octanol–water partition coefficient (Wildman–Crippen LogP) is 3.43. The molecule has 3 rings (SSSR count). The van der Waals surface area contributed by atoms with Crippen LogP contribution in [0.15, 0.2) is 47.4 Å². The maximum absolute atomic E-state index is 13.4. The Morgan fingerprint density at radius 1 is 1.18 bits per heavy atom. The highest BCUT2D eigenvalue weighted by atomic mass is 35.5. The Bertz CT molecular complexity index is 1120. The number of carbonyl (C=O) groups is 1. The van der Waals surface area contributed by atoms with Crippen LogP contribution in [-0.4, -0.2) is 37.6 Å². The summed E-state index contributed by atoms with van der Waals surface area (Å²) in [6, 6.07) is 11.1. The van der Waals surface area contributed by atoms with E-state index in [9.17, 15) is 13.2 Å². The van der Waals surface area contributed by atoms with Gasteiger partial charge in [-0.25, -0.2) is 17.4 Å². The van der Waals surface area contributed by atoms with Crippen molar-refractivity contribution >= 4 is 38.6 Å². The van der Waals surface area contributed by atoms with E-state index < -0.39 is 10.0 Å². The molecule has 0 aliphatic heterocycles. The highest BCUT2D eigenvalue weighted by Gasteiger charge is 2.24. The van der Waals surface area contributed by atoms with E-state index in [0.717, 1.165) is 0 Å². The second-order valence-electron chi connectivity index (χ2n) is 6.05. The molecule has 9 heteroatoms. The summed E-state index contributed by atoms with van der Waals surface area (Å²) in [4.78, 5) is 15.7. The molecular weight excluding hydrogens is 404 g/mol. The summed E-state index contributed by atoms with van der Waals surface area (Å²) in [6.45, 7) is 0. The number of hydrogen-bond donors (Lipinski definition) is 0. The van der Waals surface area contributed by atoms with Crippen LogP contribution in [0.2, 0.25) is 5.15 Å². The van der Waals surface area contributed by atoms with Gasteiger partial charge in [-0.3, -0.25) is 4.79 Å². The number of aryl methyl sites for hydroxylation is 1. The van der Waals surface area contributed by atoms with Crippen LogP contribution in [0, 0.1) is 0 Å². The number of pyridine rings is 1. The number of carbonyl (C=O) groups excluding carboxylic acids is 1. The summed E-state index contributed by atoms with van der Waals surface area (Å²) >= 11 is 5.97. The zero-order valence-electron chi connectivity index (χ0n) is 15.4. The predicted molar refractivity (Wildman–Crippen MR) is 105 cm³/mol. The summed E-state index contributed by atoms with van der Waals surface area (Å²) in [5.41, 5.74) is 1.39. The van der Waals surface area contributed by atoms with Crippen LogP contribution in [0.5, 0.6) is 5.75 Å². The third kappa shape index (κ3) is 3.98. The second kappa shape index (κ2) is 8.20. The van der Waals surface area contributed by atoms with Crippen molar-refractivity contribution in [1.82, 2.24) is 8.96 Å². The van der Waals surface area contributed by atoms with Crippen LogP contribution in [0.25, 0.3) is 11.0 Å². The van der Waals surface area contributed by atoms with Gasteiger partial charge in [-0.2, -0.15) is 0 Å². The third-order valence-corrected chi connectivity index (χ3v) is 6.24. The number of aromatic nitrogens is 2. The lowest BCUT2D eigenvalue weighted by molar-refractivity contribution is -0.140. The molecule has 0 unspecified atom stereocenters. The Hall–Kier alpha value is -2.58. The van der Waals surface area contributed by atoms with E-state index in [0.29, 0.717) is 35.3 Å². The van der Waals surface area contributed by atoms with Crippen LogP contribution in [-0.2, 0) is 26.0 Å². The van der Waals surface area contributed by atoms with Crippen LogP contribution >= 0.6 is 11.6 Å². The minimum atomic E-state index is -3.92. The minimum Gasteiger partial charge on any atom is -0.497 e. The first-order chi connectivity index (χ1) is 13.4. The van der Waals surface area contributed by atoms with Gasteiger partial charge in [-0.05, 0) is 43.2 Å². The van der Waals surface area contributed by atoms with Gasteiger partial charge in [0.15, 0.2) is 0 Å². The number of methoxy groups -OCH3 is 2. The summed E-state index contributed by atoms with van der Waals surface area (Å²) in [6.07, 6.45) is 0.974. The van der Waals surface area contributed by atoms with Gasteiger partial charge in [0.1, 0.15) is 10.9 Å². The van der Waals surface area contributed by atoms with Crippen molar-refractivity contribution in [2.45, 2.75) is 24.2 Å². The molecule has 2 aromatic heterocycles. The lowest BCUT2D eigenvalue weighted by atomic mass is 10.2. The highest BCUT2D eigenvalue weighted by Crippen LogP contribution is 2.28. The van der Waals surface area contributed by atoms with Crippen LogP contribution in [0.1, 0.15) is 18.5 Å². The molecule has 1 aromatic carbocycles. The van der Waals surface area contributed by atoms with Gasteiger partial charge in [0.05, 0.1) is 30.1 Å². The van der Waals surface area contributed by atoms with Crippen molar-refractivity contribution in [1.29, 1.82) is 0 Å². The Kier molecular flexibility index (Phi) is 5.90. The van der Waals surface area contributed by atoms with E-state index in [2.05, 4.69) is 9.72 Å². The average Bonchev–Trinajstić information content (AvgIpc) is 3.05. The van der Waals surface area contributed by atoms with Crippen molar-refractivity contribution in [2.24, 2.45) is 0 Å². The maximum atomic E-state index is 13.4. The van der Waals surface area contributed by atoms with Crippen LogP contribution in [0.4, 0.5) is 0 Å². The van der Waals surface area contributed by atoms with Gasteiger partial charge in [-0.15, -0.1) is 0 Å². The standard InChI is InChI=1S/C19H19ClN2O5S/c1-26-14-6-4-7-15(12-14)28(24,25)22-13(5-3-8-19(23)27-2)11-16-17(22)9-10-18(20)21-16/h4,6-7,9-12H,3,5,8H2,1-2H3. The highest BCUT2D eigenvalue weighted by molar-refractivity contribution is 7.90. The first-order valence-corrected chi connectivity index (χ1v) is 10.3. The topological polar surface area (TPSA) is 87.5 Å². The van der Waals surface area contributed by atoms with Crippen molar-refractivity contribution in [3.63, 3.8) is 0 Å². The fraction of sp³-hybridized carbons (Fsp3) is 0.263. The molecule has 7 nitrogen and oxygen atoms in total. The Labute approximate surface area is 167 Å². The number of hydrogen-bond acceptors (Lipinski definition) is 6. The SMILES string of the molecule is COC(=O)CCCc1cc2nc(Cl)ccc2n1S(=O)(=O)c1cccc(OC)c1. The van der Waals surface area contributed by atoms with E-state index in [4.69, 9.17) is 16.3 Å². The van der Waals surface area contributed by atoms with E-state index in [1.54, 1.807) is 30.3 Å². The molecule has 0 atom stereocenters. The number of nitrogens with zero attached hydrogens (tertiary/aromatic N) is 2. The second-order valence-corrected chi connectivity index (χ2v) is 8.23. The molecule has 0 aliphatic carbocycles. The molecule has 0 radical (unpaired) electrons. The molecule has 0 N–H and O–H groups in total. The lowest BCUT2D eigenvalue weighted by Gasteiger charge is -2.12. The van der Waals surface area contributed by atoms with Crippen molar-refractivity contribution in [3.8, 4) is 5.75 Å². The Morgan fingerprint density at radius 3 is 2.68 bits per heavy atom. The molecule has 2 heterocycles. The van der Waals surface area contributed by atoms with E-state index in [-0.39, 0.29) is 22.4 Å². The van der Waals surface area contributed by atoms with E-state index >= 15 is 0 Å². The summed E-state index contributed by atoms with van der Waals surface area (Å²) in [5, 5.41) is 0.268. The monoisotopic (exact) mass is 422 g/mol. The third-order valence-electron chi connectivity index (χ3n) is 4.27. The molecule has 3 aromatic rings. The van der Waals surface area contributed by atoms with Gasteiger partial charge in [0.25, 0.3) is 10.0 Å². The van der Waals surface area contributed by atoms with Crippen molar-refractivity contribution in [3.05, 3.63) is 53.3 Å². The first-order valence-electron chi connectivity index (χ1n) is 8.50. The quantitative estimate of drug-likeness (QED) is 0.428. The molecule has 0 amide bonds. The smallest absolute Gasteiger partial charge is 0.305 e. The van der Waals surface area contributed by atoms with Crippen LogP contribution in [0.3, 0.4) is 0 Å².